The SMILES string of the molecule is CC/C=C\C/C=C\C/C=C\C/C=C\CCC(=O)OC(COC(=O)CCCCCCC/C=C\C/C=C\CCC)COC(=O)CCCCCCC/C=C\CCCCCCCC. The van der Waals surface area contributed by atoms with Crippen LogP contribution in [0.25, 0.3) is 0 Å². The van der Waals surface area contributed by atoms with Crippen LogP contribution in [0, 0.1) is 0 Å². The van der Waals surface area contributed by atoms with Gasteiger partial charge in [-0.15, -0.1) is 0 Å². The number of hydrogen-bond acceptors (Lipinski definition) is 6. The van der Waals surface area contributed by atoms with E-state index in [1.54, 1.807) is 0 Å². The van der Waals surface area contributed by atoms with E-state index in [9.17, 15) is 14.4 Å². The Hall–Kier alpha value is -3.41. The highest BCUT2D eigenvalue weighted by molar-refractivity contribution is 5.71. The summed E-state index contributed by atoms with van der Waals surface area (Å²) in [6.07, 6.45) is 60.1. The van der Waals surface area contributed by atoms with E-state index < -0.39 is 12.1 Å². The standard InChI is InChI=1S/C53H88O6/c1-4-7-10-13-16-19-22-25-26-29-31-34-37-40-43-46-52(55)58-49-50(59-53(56)47-44-41-38-35-32-28-24-21-18-15-12-9-6-3)48-57-51(54)45-42-39-36-33-30-27-23-20-17-14-11-8-5-2/h9,11-12,14,18,20-21,23,25-26,28,32,38,41,50H,4-8,10,13,15-17,19,22,24,27,29-31,33-37,39-40,42-49H2,1-3H3/b12-9-,14-11-,21-18-,23-20-,26-25-,32-28-,41-38-. The van der Waals surface area contributed by atoms with Crippen molar-refractivity contribution >= 4 is 17.9 Å². The van der Waals surface area contributed by atoms with Crippen LogP contribution in [0.3, 0.4) is 0 Å². The van der Waals surface area contributed by atoms with Gasteiger partial charge in [0.2, 0.25) is 0 Å². The van der Waals surface area contributed by atoms with Gasteiger partial charge >= 0.3 is 17.9 Å². The lowest BCUT2D eigenvalue weighted by Crippen LogP contribution is -2.30. The van der Waals surface area contributed by atoms with Gasteiger partial charge in [-0.25, -0.2) is 0 Å². The van der Waals surface area contributed by atoms with Crippen molar-refractivity contribution in [2.75, 3.05) is 13.2 Å². The van der Waals surface area contributed by atoms with Crippen LogP contribution in [0.15, 0.2) is 85.1 Å². The Morgan fingerprint density at radius 1 is 0.356 bits per heavy atom. The molecule has 0 N–H and O–H groups in total. The molecule has 0 saturated heterocycles. The van der Waals surface area contributed by atoms with Crippen molar-refractivity contribution in [2.45, 2.75) is 219 Å². The topological polar surface area (TPSA) is 78.9 Å². The molecule has 0 aromatic carbocycles. The van der Waals surface area contributed by atoms with Crippen LogP contribution in [0.5, 0.6) is 0 Å². The van der Waals surface area contributed by atoms with Gasteiger partial charge in [0.05, 0.1) is 0 Å². The molecule has 0 bridgehead atoms. The highest BCUT2D eigenvalue weighted by Gasteiger charge is 2.19. The Balaban J connectivity index is 4.51. The van der Waals surface area contributed by atoms with Crippen LogP contribution in [-0.2, 0) is 28.6 Å². The van der Waals surface area contributed by atoms with Gasteiger partial charge < -0.3 is 14.2 Å². The van der Waals surface area contributed by atoms with Gasteiger partial charge in [0.15, 0.2) is 6.10 Å². The number of unbranched alkanes of at least 4 members (excludes halogenated alkanes) is 17. The number of esters is 3. The fourth-order valence-electron chi connectivity index (χ4n) is 6.25. The van der Waals surface area contributed by atoms with Crippen molar-refractivity contribution in [3.8, 4) is 0 Å². The third-order valence-corrected chi connectivity index (χ3v) is 9.85. The number of carbonyl (C=O) groups excluding carboxylic acids is 3. The van der Waals surface area contributed by atoms with Crippen molar-refractivity contribution in [3.05, 3.63) is 85.1 Å². The molecule has 0 rings (SSSR count). The Kier molecular flexibility index (Phi) is 44.5. The van der Waals surface area contributed by atoms with Crippen LogP contribution in [-0.4, -0.2) is 37.2 Å². The van der Waals surface area contributed by atoms with E-state index in [4.69, 9.17) is 14.2 Å². The van der Waals surface area contributed by atoms with E-state index in [2.05, 4.69) is 93.7 Å². The minimum Gasteiger partial charge on any atom is -0.462 e. The van der Waals surface area contributed by atoms with Crippen molar-refractivity contribution in [3.63, 3.8) is 0 Å². The summed E-state index contributed by atoms with van der Waals surface area (Å²) in [7, 11) is 0. The zero-order chi connectivity index (χ0) is 43.0. The maximum absolute atomic E-state index is 12.7. The maximum atomic E-state index is 12.7. The summed E-state index contributed by atoms with van der Waals surface area (Å²) in [6, 6.07) is 0. The summed E-state index contributed by atoms with van der Waals surface area (Å²) < 4.78 is 16.7. The van der Waals surface area contributed by atoms with Gasteiger partial charge in [-0.3, -0.25) is 14.4 Å². The zero-order valence-corrected chi connectivity index (χ0v) is 38.2. The molecule has 0 aliphatic heterocycles. The lowest BCUT2D eigenvalue weighted by molar-refractivity contribution is -0.166. The van der Waals surface area contributed by atoms with Crippen LogP contribution in [0.2, 0.25) is 0 Å². The largest absolute Gasteiger partial charge is 0.462 e. The molecule has 1 unspecified atom stereocenters. The van der Waals surface area contributed by atoms with E-state index in [1.165, 1.54) is 57.8 Å². The molecule has 1 atom stereocenters. The molecule has 336 valence electrons. The zero-order valence-electron chi connectivity index (χ0n) is 38.2. The lowest BCUT2D eigenvalue weighted by Gasteiger charge is -2.18. The van der Waals surface area contributed by atoms with Crippen LogP contribution in [0.1, 0.15) is 213 Å². The van der Waals surface area contributed by atoms with Crippen molar-refractivity contribution in [1.82, 2.24) is 0 Å². The molecule has 0 saturated carbocycles. The molecule has 59 heavy (non-hydrogen) atoms. The summed E-state index contributed by atoms with van der Waals surface area (Å²) in [4.78, 5) is 37.8. The number of hydrogen-bond donors (Lipinski definition) is 0. The van der Waals surface area contributed by atoms with E-state index in [-0.39, 0.29) is 31.6 Å². The number of rotatable bonds is 42. The molecule has 0 heterocycles. The lowest BCUT2D eigenvalue weighted by atomic mass is 10.1. The quantitative estimate of drug-likeness (QED) is 0.0264. The van der Waals surface area contributed by atoms with Crippen LogP contribution < -0.4 is 0 Å². The molecule has 0 spiro atoms. The highest BCUT2D eigenvalue weighted by atomic mass is 16.6. The summed E-state index contributed by atoms with van der Waals surface area (Å²) in [5.41, 5.74) is 0. The molecule has 0 aliphatic rings. The third-order valence-electron chi connectivity index (χ3n) is 9.85. The molecule has 0 amide bonds. The molecule has 0 aliphatic carbocycles. The Morgan fingerprint density at radius 3 is 1.19 bits per heavy atom. The Bertz CT molecular complexity index is 1170. The third kappa shape index (κ3) is 45.5. The van der Waals surface area contributed by atoms with Crippen LogP contribution >= 0.6 is 0 Å². The summed E-state index contributed by atoms with van der Waals surface area (Å²) in [5, 5.41) is 0. The molecule has 6 nitrogen and oxygen atoms in total. The molecule has 6 heteroatoms. The first-order chi connectivity index (χ1) is 29.0. The van der Waals surface area contributed by atoms with Gasteiger partial charge in [0, 0.05) is 19.3 Å². The van der Waals surface area contributed by atoms with Crippen LogP contribution in [0.4, 0.5) is 0 Å². The second-order valence-electron chi connectivity index (χ2n) is 15.6. The van der Waals surface area contributed by atoms with Crippen molar-refractivity contribution < 1.29 is 28.6 Å². The summed E-state index contributed by atoms with van der Waals surface area (Å²) >= 11 is 0. The molecule has 0 fully saturated rings. The summed E-state index contributed by atoms with van der Waals surface area (Å²) in [5.74, 6) is -1.02. The molecule has 0 aromatic rings. The molecule has 0 radical (unpaired) electrons. The second kappa shape index (κ2) is 47.3. The number of carbonyl (C=O) groups is 3. The fraction of sp³-hybridized carbons (Fsp3) is 0.679. The first-order valence-corrected chi connectivity index (χ1v) is 24.1. The monoisotopic (exact) mass is 821 g/mol. The fourth-order valence-corrected chi connectivity index (χ4v) is 6.25. The number of ether oxygens (including phenoxy) is 3. The van der Waals surface area contributed by atoms with E-state index in [1.807, 2.05) is 12.2 Å². The summed E-state index contributed by atoms with van der Waals surface area (Å²) in [6.45, 7) is 6.35. The normalized spacial score (nSPS) is 12.8. The van der Waals surface area contributed by atoms with E-state index in [0.717, 1.165) is 109 Å². The molecular formula is C53H88O6. The van der Waals surface area contributed by atoms with Crippen molar-refractivity contribution in [2.24, 2.45) is 0 Å². The van der Waals surface area contributed by atoms with Gasteiger partial charge in [-0.1, -0.05) is 183 Å². The smallest absolute Gasteiger partial charge is 0.306 e. The Morgan fingerprint density at radius 2 is 0.729 bits per heavy atom. The highest BCUT2D eigenvalue weighted by Crippen LogP contribution is 2.12. The van der Waals surface area contributed by atoms with Crippen molar-refractivity contribution in [1.29, 1.82) is 0 Å². The number of allylic oxidation sites excluding steroid dienone is 14. The predicted molar refractivity (Wildman–Crippen MR) is 251 cm³/mol. The maximum Gasteiger partial charge on any atom is 0.306 e. The molecule has 0 aromatic heterocycles. The minimum atomic E-state index is -0.822. The average Bonchev–Trinajstić information content (AvgIpc) is 3.23. The molecular weight excluding hydrogens is 733 g/mol. The Labute approximate surface area is 363 Å². The average molecular weight is 821 g/mol. The second-order valence-corrected chi connectivity index (χ2v) is 15.6. The first kappa shape index (κ1) is 55.6. The predicted octanol–water partition coefficient (Wildman–Crippen LogP) is 15.6. The van der Waals surface area contributed by atoms with Gasteiger partial charge in [-0.2, -0.15) is 0 Å². The van der Waals surface area contributed by atoms with Gasteiger partial charge in [0.1, 0.15) is 13.2 Å². The minimum absolute atomic E-state index is 0.115. The van der Waals surface area contributed by atoms with E-state index in [0.29, 0.717) is 19.3 Å². The van der Waals surface area contributed by atoms with Gasteiger partial charge in [-0.05, 0) is 96.3 Å². The van der Waals surface area contributed by atoms with E-state index >= 15 is 0 Å². The van der Waals surface area contributed by atoms with Gasteiger partial charge in [0.25, 0.3) is 0 Å². The first-order valence-electron chi connectivity index (χ1n) is 24.1.